The van der Waals surface area contributed by atoms with Gasteiger partial charge in [0.15, 0.2) is 0 Å². The lowest BCUT2D eigenvalue weighted by atomic mass is 9.72. The summed E-state index contributed by atoms with van der Waals surface area (Å²) in [6.45, 7) is 5.39. The highest BCUT2D eigenvalue weighted by Crippen LogP contribution is 2.48. The van der Waals surface area contributed by atoms with E-state index in [0.29, 0.717) is 6.54 Å². The van der Waals surface area contributed by atoms with E-state index in [-0.39, 0.29) is 36.7 Å². The molecule has 1 saturated heterocycles. The second-order valence-electron chi connectivity index (χ2n) is 8.14. The van der Waals surface area contributed by atoms with Gasteiger partial charge in [-0.3, -0.25) is 9.80 Å². The number of aliphatic hydroxyl groups excluding tert-OH is 1. The molecule has 0 bridgehead atoms. The zero-order chi connectivity index (χ0) is 20.5. The molecule has 0 unspecified atom stereocenters. The van der Waals surface area contributed by atoms with Gasteiger partial charge in [0.2, 0.25) is 0 Å². The largest absolute Gasteiger partial charge is 0.497 e. The predicted molar refractivity (Wildman–Crippen MR) is 113 cm³/mol. The SMILES string of the molecule is COc1ccc(CN2[C@@H]3CN(C(=O)NC(C)C)c4ccccc4[C@@H]3[C@@H]2CO)cc1. The highest BCUT2D eigenvalue weighted by atomic mass is 16.5. The van der Waals surface area contributed by atoms with E-state index >= 15 is 0 Å². The van der Waals surface area contributed by atoms with E-state index in [1.165, 1.54) is 5.56 Å². The number of nitrogens with one attached hydrogen (secondary N) is 1. The number of hydrogen-bond donors (Lipinski definition) is 2. The number of urea groups is 1. The molecule has 6 heteroatoms. The molecule has 4 rings (SSSR count). The number of ether oxygens (including phenoxy) is 1. The first-order chi connectivity index (χ1) is 14.0. The summed E-state index contributed by atoms with van der Waals surface area (Å²) in [5, 5.41) is 13.1. The highest BCUT2D eigenvalue weighted by Gasteiger charge is 2.53. The van der Waals surface area contributed by atoms with E-state index in [0.717, 1.165) is 23.5 Å². The lowest BCUT2D eigenvalue weighted by Gasteiger charge is -2.59. The molecule has 29 heavy (non-hydrogen) atoms. The predicted octanol–water partition coefficient (Wildman–Crippen LogP) is 2.96. The average Bonchev–Trinajstić information content (AvgIpc) is 2.71. The third kappa shape index (κ3) is 3.58. The molecule has 2 heterocycles. The molecule has 0 radical (unpaired) electrons. The van der Waals surface area contributed by atoms with Gasteiger partial charge in [0, 0.05) is 42.8 Å². The summed E-state index contributed by atoms with van der Waals surface area (Å²) < 4.78 is 5.25. The number of fused-ring (bicyclic) bond motifs is 3. The van der Waals surface area contributed by atoms with Gasteiger partial charge in [-0.2, -0.15) is 0 Å². The summed E-state index contributed by atoms with van der Waals surface area (Å²) in [5.74, 6) is 1.06. The number of para-hydroxylation sites is 1. The standard InChI is InChI=1S/C23H29N3O3/c1-15(2)24-23(28)26-13-20-22(18-6-4-5-7-19(18)26)21(14-27)25(20)12-16-8-10-17(29-3)11-9-16/h4-11,15,20-22,27H,12-14H2,1-3H3,(H,24,28)/t20-,21+,22+/m1/s1. The Bertz CT molecular complexity index is 868. The third-order valence-electron chi connectivity index (χ3n) is 6.01. The summed E-state index contributed by atoms with van der Waals surface area (Å²) in [4.78, 5) is 17.0. The smallest absolute Gasteiger partial charge is 0.322 e. The Morgan fingerprint density at radius 2 is 1.93 bits per heavy atom. The number of carbonyl (C=O) groups excluding carboxylic acids is 1. The summed E-state index contributed by atoms with van der Waals surface area (Å²) in [6, 6.07) is 16.4. The number of methoxy groups -OCH3 is 1. The molecule has 6 nitrogen and oxygen atoms in total. The first kappa shape index (κ1) is 19.7. The Morgan fingerprint density at radius 3 is 2.59 bits per heavy atom. The molecule has 2 aromatic carbocycles. The lowest BCUT2D eigenvalue weighted by molar-refractivity contribution is -0.0485. The molecular weight excluding hydrogens is 366 g/mol. The number of nitrogens with zero attached hydrogens (tertiary/aromatic N) is 2. The van der Waals surface area contributed by atoms with Crippen LogP contribution in [-0.4, -0.2) is 54.4 Å². The number of benzene rings is 2. The normalized spacial score (nSPS) is 23.2. The molecule has 154 valence electrons. The monoisotopic (exact) mass is 395 g/mol. The van der Waals surface area contributed by atoms with Crippen molar-refractivity contribution in [3.8, 4) is 5.75 Å². The van der Waals surface area contributed by atoms with Crippen LogP contribution in [0.2, 0.25) is 0 Å². The maximum atomic E-state index is 12.9. The van der Waals surface area contributed by atoms with E-state index < -0.39 is 0 Å². The summed E-state index contributed by atoms with van der Waals surface area (Å²) in [5.41, 5.74) is 3.27. The Labute approximate surface area is 172 Å². The number of aliphatic hydroxyl groups is 1. The van der Waals surface area contributed by atoms with E-state index in [1.54, 1.807) is 7.11 Å². The summed E-state index contributed by atoms with van der Waals surface area (Å²) in [7, 11) is 1.66. The van der Waals surface area contributed by atoms with Crippen LogP contribution in [0.3, 0.4) is 0 Å². The highest BCUT2D eigenvalue weighted by molar-refractivity contribution is 5.94. The van der Waals surface area contributed by atoms with E-state index in [2.05, 4.69) is 28.4 Å². The van der Waals surface area contributed by atoms with Crippen molar-refractivity contribution >= 4 is 11.7 Å². The van der Waals surface area contributed by atoms with Gasteiger partial charge in [-0.1, -0.05) is 30.3 Å². The van der Waals surface area contributed by atoms with Gasteiger partial charge in [-0.05, 0) is 43.2 Å². The topological polar surface area (TPSA) is 65.0 Å². The summed E-state index contributed by atoms with van der Waals surface area (Å²) >= 11 is 0. The van der Waals surface area contributed by atoms with Crippen molar-refractivity contribution in [2.24, 2.45) is 0 Å². The number of hydrogen-bond acceptors (Lipinski definition) is 4. The molecule has 1 fully saturated rings. The lowest BCUT2D eigenvalue weighted by Crippen LogP contribution is -2.69. The van der Waals surface area contributed by atoms with Crippen LogP contribution in [0.25, 0.3) is 0 Å². The van der Waals surface area contributed by atoms with E-state index in [4.69, 9.17) is 4.74 Å². The minimum atomic E-state index is -0.0669. The molecule has 0 aliphatic carbocycles. The first-order valence-corrected chi connectivity index (χ1v) is 10.2. The number of anilines is 1. The molecule has 2 aromatic rings. The molecule has 0 saturated carbocycles. The molecule has 2 aliphatic heterocycles. The molecule has 2 amide bonds. The third-order valence-corrected chi connectivity index (χ3v) is 6.01. The van der Waals surface area contributed by atoms with Gasteiger partial charge in [-0.15, -0.1) is 0 Å². The molecule has 3 atom stereocenters. The average molecular weight is 396 g/mol. The van der Waals surface area contributed by atoms with E-state index in [1.807, 2.05) is 49.1 Å². The minimum Gasteiger partial charge on any atom is -0.497 e. The first-order valence-electron chi connectivity index (χ1n) is 10.2. The van der Waals surface area contributed by atoms with Crippen LogP contribution in [0.5, 0.6) is 5.75 Å². The quantitative estimate of drug-likeness (QED) is 0.817. The number of amides is 2. The van der Waals surface area contributed by atoms with Gasteiger partial charge in [0.25, 0.3) is 0 Å². The number of likely N-dealkylation sites (tertiary alicyclic amines) is 1. The Balaban J connectivity index is 1.61. The van der Waals surface area contributed by atoms with Crippen molar-refractivity contribution < 1.29 is 14.6 Å². The van der Waals surface area contributed by atoms with Gasteiger partial charge in [-0.25, -0.2) is 4.79 Å². The van der Waals surface area contributed by atoms with Gasteiger partial charge in [0.1, 0.15) is 5.75 Å². The molecule has 2 aliphatic rings. The maximum Gasteiger partial charge on any atom is 0.322 e. The van der Waals surface area contributed by atoms with Crippen molar-refractivity contribution in [2.75, 3.05) is 25.2 Å². The fourth-order valence-corrected chi connectivity index (χ4v) is 4.66. The Morgan fingerprint density at radius 1 is 1.21 bits per heavy atom. The van der Waals surface area contributed by atoms with Crippen molar-refractivity contribution in [1.29, 1.82) is 0 Å². The van der Waals surface area contributed by atoms with Crippen molar-refractivity contribution in [1.82, 2.24) is 10.2 Å². The van der Waals surface area contributed by atoms with Crippen LogP contribution in [0.4, 0.5) is 10.5 Å². The van der Waals surface area contributed by atoms with Crippen LogP contribution in [0, 0.1) is 0 Å². The van der Waals surface area contributed by atoms with Crippen LogP contribution >= 0.6 is 0 Å². The second kappa shape index (κ2) is 8.05. The maximum absolute atomic E-state index is 12.9. The zero-order valence-corrected chi connectivity index (χ0v) is 17.2. The van der Waals surface area contributed by atoms with Crippen molar-refractivity contribution in [3.05, 3.63) is 59.7 Å². The number of rotatable bonds is 5. The van der Waals surface area contributed by atoms with Gasteiger partial charge < -0.3 is 15.2 Å². The van der Waals surface area contributed by atoms with E-state index in [9.17, 15) is 9.90 Å². The van der Waals surface area contributed by atoms with Crippen molar-refractivity contribution in [2.45, 2.75) is 44.4 Å². The van der Waals surface area contributed by atoms with Crippen molar-refractivity contribution in [3.63, 3.8) is 0 Å². The molecule has 2 N–H and O–H groups in total. The fraction of sp³-hybridized carbons (Fsp3) is 0.435. The Hall–Kier alpha value is -2.57. The molecule has 0 spiro atoms. The van der Waals surface area contributed by atoms with Gasteiger partial charge >= 0.3 is 6.03 Å². The second-order valence-corrected chi connectivity index (χ2v) is 8.14. The Kier molecular flexibility index (Phi) is 5.48. The van der Waals surface area contributed by atoms with Crippen LogP contribution in [0.1, 0.15) is 30.9 Å². The van der Waals surface area contributed by atoms with Gasteiger partial charge in [0.05, 0.1) is 13.7 Å². The zero-order valence-electron chi connectivity index (χ0n) is 17.2. The molecular formula is C23H29N3O3. The van der Waals surface area contributed by atoms with Crippen LogP contribution < -0.4 is 15.0 Å². The summed E-state index contributed by atoms with van der Waals surface area (Å²) in [6.07, 6.45) is 0. The minimum absolute atomic E-state index is 0.0542. The van der Waals surface area contributed by atoms with Crippen LogP contribution in [0.15, 0.2) is 48.5 Å². The number of carbonyl (C=O) groups is 1. The molecule has 0 aromatic heterocycles. The fourth-order valence-electron chi connectivity index (χ4n) is 4.66. The van der Waals surface area contributed by atoms with Crippen LogP contribution in [-0.2, 0) is 6.54 Å².